The van der Waals surface area contributed by atoms with E-state index in [1.165, 1.54) is 6.07 Å². The van der Waals surface area contributed by atoms with Gasteiger partial charge in [0.2, 0.25) is 17.7 Å². The van der Waals surface area contributed by atoms with Gasteiger partial charge < -0.3 is 25.2 Å². The Morgan fingerprint density at radius 2 is 1.71 bits per heavy atom. The molecule has 3 atom stereocenters. The molecule has 3 N–H and O–H groups in total. The van der Waals surface area contributed by atoms with Gasteiger partial charge in [0.25, 0.3) is 5.91 Å². The summed E-state index contributed by atoms with van der Waals surface area (Å²) in [5, 5.41) is 17.8. The van der Waals surface area contributed by atoms with Crippen LogP contribution in [-0.4, -0.2) is 112 Å². The van der Waals surface area contributed by atoms with Gasteiger partial charge in [0.15, 0.2) is 5.11 Å². The Hall–Kier alpha value is -4.63. The molecule has 3 saturated heterocycles. The number of carbonyl (C=O) groups is 4. The van der Waals surface area contributed by atoms with Crippen LogP contribution in [-0.2, 0) is 30.1 Å². The second kappa shape index (κ2) is 17.7. The molecule has 1 saturated carbocycles. The molecule has 3 aliphatic heterocycles. The van der Waals surface area contributed by atoms with Crippen molar-refractivity contribution < 1.29 is 37.1 Å². The number of thiocarbonyl (C=S) groups is 1. The fourth-order valence-corrected chi connectivity index (χ4v) is 9.27. The van der Waals surface area contributed by atoms with Crippen molar-refractivity contribution in [3.05, 3.63) is 53.6 Å². The van der Waals surface area contributed by atoms with Gasteiger partial charge in [-0.1, -0.05) is 6.07 Å². The van der Waals surface area contributed by atoms with Crippen LogP contribution >= 0.6 is 12.2 Å². The van der Waals surface area contributed by atoms with Crippen molar-refractivity contribution in [3.63, 3.8) is 0 Å². The van der Waals surface area contributed by atoms with Crippen LogP contribution in [0, 0.1) is 11.3 Å². The van der Waals surface area contributed by atoms with Crippen molar-refractivity contribution in [2.24, 2.45) is 0 Å². The van der Waals surface area contributed by atoms with Crippen molar-refractivity contribution in [1.29, 1.82) is 5.26 Å². The summed E-state index contributed by atoms with van der Waals surface area (Å²) >= 11 is 5.74. The molecule has 1 aliphatic carbocycles. The second-order valence-corrected chi connectivity index (χ2v) is 16.6. The summed E-state index contributed by atoms with van der Waals surface area (Å²) in [5.74, 6) is -1.17. The van der Waals surface area contributed by atoms with E-state index in [1.54, 1.807) is 38.1 Å². The minimum Gasteiger partial charge on any atom is -0.378 e. The molecule has 6 rings (SSSR count). The zero-order valence-corrected chi connectivity index (χ0v) is 34.0. The van der Waals surface area contributed by atoms with Gasteiger partial charge >= 0.3 is 6.18 Å². The number of piperidine rings is 1. The molecule has 0 spiro atoms. The minimum atomic E-state index is -4.76. The molecule has 4 fully saturated rings. The Morgan fingerprint density at radius 1 is 1.02 bits per heavy atom. The average molecular weight is 825 g/mol. The number of rotatable bonds is 12. The standard InChI is InChI=1S/C41H51F3N8O5S/c1-25-22-49(23-26(2)50(25)24-36(54)47-29-8-5-7-28(19-29)46-34-15-16-35(53)48-37(34)55)17-6-18-57-32-13-11-30(12-14-32)52-39(58)51(38(56)40(52,3)4)31-10-9-27(21-45)33(20-31)41(42,43)44/h5,7-10,19-20,25-26,30,32,34,46H,6,11-18,22-24H2,1-4H3,(H,47,54)(H,48,53,55)/t25-,26+,30-,32-,34?. The van der Waals surface area contributed by atoms with E-state index < -0.39 is 34.8 Å². The normalized spacial score (nSPS) is 25.7. The first kappa shape index (κ1) is 43.0. The number of imide groups is 1. The smallest absolute Gasteiger partial charge is 0.378 e. The molecule has 0 radical (unpaired) electrons. The van der Waals surface area contributed by atoms with Crippen LogP contribution in [0.3, 0.4) is 0 Å². The van der Waals surface area contributed by atoms with Gasteiger partial charge in [-0.05, 0) is 115 Å². The van der Waals surface area contributed by atoms with Crippen LogP contribution < -0.4 is 20.9 Å². The number of benzene rings is 2. The predicted octanol–water partition coefficient (Wildman–Crippen LogP) is 5.26. The van der Waals surface area contributed by atoms with Gasteiger partial charge in [0, 0.05) is 62.2 Å². The minimum absolute atomic E-state index is 0.00861. The monoisotopic (exact) mass is 824 g/mol. The summed E-state index contributed by atoms with van der Waals surface area (Å²) in [7, 11) is 0. The first-order valence-corrected chi connectivity index (χ1v) is 20.3. The van der Waals surface area contributed by atoms with Crippen molar-refractivity contribution in [1.82, 2.24) is 20.0 Å². The molecule has 13 nitrogen and oxygen atoms in total. The maximum atomic E-state index is 13.7. The molecule has 1 unspecified atom stereocenters. The second-order valence-electron chi connectivity index (χ2n) is 16.3. The Labute approximate surface area is 342 Å². The maximum Gasteiger partial charge on any atom is 0.417 e. The van der Waals surface area contributed by atoms with Crippen molar-refractivity contribution >= 4 is 58.0 Å². The third-order valence-electron chi connectivity index (χ3n) is 11.6. The van der Waals surface area contributed by atoms with Crippen LogP contribution in [0.4, 0.5) is 30.2 Å². The number of hydrogen-bond donors (Lipinski definition) is 3. The molecule has 3 heterocycles. The average Bonchev–Trinajstić information content (AvgIpc) is 3.34. The van der Waals surface area contributed by atoms with Gasteiger partial charge in [-0.25, -0.2) is 0 Å². The fraction of sp³-hybridized carbons (Fsp3) is 0.561. The SMILES string of the molecule is C[C@@H]1CN(CCCO[C@H]2CC[C@H](N3C(=S)N(c4ccc(C#N)c(C(F)(F)F)c4)C(=O)C3(C)C)CC2)C[C@H](C)N1CC(=O)Nc1cccc(NC2CCC(=O)NC2=O)c1. The van der Waals surface area contributed by atoms with E-state index in [1.807, 2.05) is 11.0 Å². The Kier molecular flexibility index (Phi) is 13.1. The summed E-state index contributed by atoms with van der Waals surface area (Å²) in [5.41, 5.74) is -1.40. The topological polar surface area (TPSA) is 150 Å². The number of hydrogen-bond acceptors (Lipinski definition) is 10. The number of amides is 4. The molecule has 17 heteroatoms. The highest BCUT2D eigenvalue weighted by atomic mass is 32.1. The molecule has 0 aromatic heterocycles. The van der Waals surface area contributed by atoms with Crippen LogP contribution in [0.2, 0.25) is 0 Å². The fourth-order valence-electron chi connectivity index (χ4n) is 8.71. The number of nitrogens with zero attached hydrogens (tertiary/aromatic N) is 5. The van der Waals surface area contributed by atoms with Crippen molar-refractivity contribution in [3.8, 4) is 6.07 Å². The van der Waals surface area contributed by atoms with Crippen LogP contribution in [0.15, 0.2) is 42.5 Å². The lowest BCUT2D eigenvalue weighted by Gasteiger charge is -2.44. The van der Waals surface area contributed by atoms with E-state index in [2.05, 4.69) is 39.6 Å². The molecular weight excluding hydrogens is 774 g/mol. The summed E-state index contributed by atoms with van der Waals surface area (Å²) in [6.45, 7) is 11.1. The van der Waals surface area contributed by atoms with E-state index in [-0.39, 0.29) is 65.7 Å². The predicted molar refractivity (Wildman–Crippen MR) is 216 cm³/mol. The van der Waals surface area contributed by atoms with Gasteiger partial charge in [0.05, 0.1) is 35.5 Å². The molecule has 4 amide bonds. The zero-order valence-electron chi connectivity index (χ0n) is 33.2. The van der Waals surface area contributed by atoms with Crippen LogP contribution in [0.5, 0.6) is 0 Å². The number of nitriles is 1. The lowest BCUT2D eigenvalue weighted by molar-refractivity contribution is -0.138. The van der Waals surface area contributed by atoms with Gasteiger partial charge in [-0.3, -0.25) is 34.3 Å². The maximum absolute atomic E-state index is 13.7. The lowest BCUT2D eigenvalue weighted by Crippen LogP contribution is -2.58. The number of anilines is 3. The van der Waals surface area contributed by atoms with E-state index in [0.717, 1.165) is 55.9 Å². The highest BCUT2D eigenvalue weighted by Crippen LogP contribution is 2.40. The Balaban J connectivity index is 0.919. The number of nitrogens with one attached hydrogen (secondary N) is 3. The summed E-state index contributed by atoms with van der Waals surface area (Å²) in [6.07, 6.45) is -0.227. The molecule has 2 aromatic rings. The van der Waals surface area contributed by atoms with E-state index in [4.69, 9.17) is 17.0 Å². The highest BCUT2D eigenvalue weighted by molar-refractivity contribution is 7.80. The summed E-state index contributed by atoms with van der Waals surface area (Å²) in [6, 6.07) is 11.7. The molecular formula is C41H51F3N8O5S. The van der Waals surface area contributed by atoms with E-state index in [0.29, 0.717) is 37.2 Å². The molecule has 2 aromatic carbocycles. The number of ether oxygens (including phenoxy) is 1. The Morgan fingerprint density at radius 3 is 2.36 bits per heavy atom. The van der Waals surface area contributed by atoms with Crippen molar-refractivity contribution in [2.75, 3.05) is 48.3 Å². The number of piperazine rings is 1. The lowest BCUT2D eigenvalue weighted by atomic mass is 9.89. The van der Waals surface area contributed by atoms with Gasteiger partial charge in [-0.2, -0.15) is 18.4 Å². The Bertz CT molecular complexity index is 1940. The number of halogens is 3. The van der Waals surface area contributed by atoms with Crippen LogP contribution in [0.1, 0.15) is 83.8 Å². The van der Waals surface area contributed by atoms with E-state index >= 15 is 0 Å². The zero-order chi connectivity index (χ0) is 41.9. The molecule has 4 aliphatic rings. The number of alkyl halides is 3. The molecule has 58 heavy (non-hydrogen) atoms. The third-order valence-corrected chi connectivity index (χ3v) is 12.0. The number of carbonyl (C=O) groups excluding carboxylic acids is 4. The highest BCUT2D eigenvalue weighted by Gasteiger charge is 2.52. The summed E-state index contributed by atoms with van der Waals surface area (Å²) in [4.78, 5) is 58.0. The van der Waals surface area contributed by atoms with Crippen molar-refractivity contribution in [2.45, 2.75) is 115 Å². The molecule has 312 valence electrons. The molecule has 0 bridgehead atoms. The van der Waals surface area contributed by atoms with Gasteiger partial charge in [-0.15, -0.1) is 0 Å². The van der Waals surface area contributed by atoms with Gasteiger partial charge in [0.1, 0.15) is 11.6 Å². The first-order valence-electron chi connectivity index (χ1n) is 19.8. The first-order chi connectivity index (χ1) is 27.5. The van der Waals surface area contributed by atoms with Crippen LogP contribution in [0.25, 0.3) is 0 Å². The largest absolute Gasteiger partial charge is 0.417 e. The third kappa shape index (κ3) is 9.62. The summed E-state index contributed by atoms with van der Waals surface area (Å²) < 4.78 is 47.5. The quantitative estimate of drug-likeness (QED) is 0.146. The van der Waals surface area contributed by atoms with E-state index in [9.17, 15) is 37.6 Å².